The fraction of sp³-hybridized carbons (Fsp3) is 0.286. The summed E-state index contributed by atoms with van der Waals surface area (Å²) in [5.41, 5.74) is 3.07. The first kappa shape index (κ1) is 19.6. The number of hydrogen-bond donors (Lipinski definition) is 0. The Morgan fingerprint density at radius 1 is 1.04 bits per heavy atom. The van der Waals surface area contributed by atoms with Gasteiger partial charge in [-0.2, -0.15) is 0 Å². The van der Waals surface area contributed by atoms with Crippen molar-refractivity contribution in [2.45, 2.75) is 37.7 Å². The van der Waals surface area contributed by atoms with Crippen molar-refractivity contribution in [1.29, 1.82) is 0 Å². The van der Waals surface area contributed by atoms with Crippen molar-refractivity contribution < 1.29 is 12.8 Å². The summed E-state index contributed by atoms with van der Waals surface area (Å²) in [5, 5.41) is 0.568. The molecule has 0 saturated carbocycles. The maximum Gasteiger partial charge on any atom is 0.226 e. The van der Waals surface area contributed by atoms with E-state index < -0.39 is 9.84 Å². The molecule has 0 aliphatic carbocycles. The van der Waals surface area contributed by atoms with Gasteiger partial charge in [-0.15, -0.1) is 0 Å². The van der Waals surface area contributed by atoms with Gasteiger partial charge in [0.2, 0.25) is 5.89 Å². The van der Waals surface area contributed by atoms with Gasteiger partial charge in [0.25, 0.3) is 0 Å². The number of hydrogen-bond acceptors (Lipinski definition) is 4. The second kappa shape index (κ2) is 7.49. The lowest BCUT2D eigenvalue weighted by atomic mass is 9.87. The topological polar surface area (TPSA) is 60.2 Å². The first-order chi connectivity index (χ1) is 12.6. The Morgan fingerprint density at radius 2 is 1.74 bits per heavy atom. The molecule has 1 aromatic heterocycles. The highest BCUT2D eigenvalue weighted by Crippen LogP contribution is 2.24. The Balaban J connectivity index is 1.72. The predicted molar refractivity (Wildman–Crippen MR) is 108 cm³/mol. The summed E-state index contributed by atoms with van der Waals surface area (Å²) in [6.45, 7) is 6.38. The van der Waals surface area contributed by atoms with Crippen LogP contribution in [0.4, 0.5) is 0 Å². The van der Waals surface area contributed by atoms with Crippen molar-refractivity contribution in [2.75, 3.05) is 0 Å². The summed E-state index contributed by atoms with van der Waals surface area (Å²) >= 11 is 5.97. The molecule has 0 bridgehead atoms. The minimum atomic E-state index is -3.36. The molecule has 0 aliphatic heterocycles. The van der Waals surface area contributed by atoms with E-state index in [1.807, 2.05) is 30.3 Å². The molecule has 27 heavy (non-hydrogen) atoms. The van der Waals surface area contributed by atoms with Crippen LogP contribution in [0.2, 0.25) is 5.02 Å². The van der Waals surface area contributed by atoms with E-state index in [1.54, 1.807) is 18.2 Å². The van der Waals surface area contributed by atoms with Gasteiger partial charge >= 0.3 is 0 Å². The quantitative estimate of drug-likeness (QED) is 0.571. The third kappa shape index (κ3) is 5.21. The summed E-state index contributed by atoms with van der Waals surface area (Å²) in [6.07, 6.45) is 1.39. The number of aromatic nitrogens is 1. The SMILES string of the molecule is CC(C)(C)c1ccc(CS(=O)(=O)Cc2coc(-c3cccc(Cl)c3)n2)cc1. The normalized spacial score (nSPS) is 12.3. The maximum atomic E-state index is 12.5. The molecule has 3 aromatic rings. The van der Waals surface area contributed by atoms with Crippen molar-refractivity contribution in [3.63, 3.8) is 0 Å². The average Bonchev–Trinajstić information content (AvgIpc) is 3.02. The largest absolute Gasteiger partial charge is 0.444 e. The van der Waals surface area contributed by atoms with Gasteiger partial charge in [-0.1, -0.05) is 62.7 Å². The molecule has 4 nitrogen and oxygen atoms in total. The Labute approximate surface area is 165 Å². The highest BCUT2D eigenvalue weighted by atomic mass is 35.5. The second-order valence-electron chi connectivity index (χ2n) is 7.63. The molecule has 0 unspecified atom stereocenters. The van der Waals surface area contributed by atoms with Crippen LogP contribution in [-0.4, -0.2) is 13.4 Å². The Hall–Kier alpha value is -2.11. The summed E-state index contributed by atoms with van der Waals surface area (Å²) < 4.78 is 30.5. The molecular weight excluding hydrogens is 382 g/mol. The van der Waals surface area contributed by atoms with Crippen LogP contribution < -0.4 is 0 Å². The molecule has 6 heteroatoms. The van der Waals surface area contributed by atoms with E-state index in [2.05, 4.69) is 25.8 Å². The molecule has 0 aliphatic rings. The number of oxazole rings is 1. The van der Waals surface area contributed by atoms with Crippen molar-refractivity contribution in [2.24, 2.45) is 0 Å². The highest BCUT2D eigenvalue weighted by Gasteiger charge is 2.18. The third-order valence-corrected chi connectivity index (χ3v) is 5.94. The van der Waals surface area contributed by atoms with E-state index in [4.69, 9.17) is 16.0 Å². The van der Waals surface area contributed by atoms with Crippen LogP contribution in [0.15, 0.2) is 59.2 Å². The molecule has 0 radical (unpaired) electrons. The monoisotopic (exact) mass is 403 g/mol. The standard InChI is InChI=1S/C21H22ClNO3S/c1-21(2,3)17-9-7-15(8-10-17)13-27(24,25)14-19-12-26-20(23-19)16-5-4-6-18(22)11-16/h4-12H,13-14H2,1-3H3. The van der Waals surface area contributed by atoms with E-state index in [-0.39, 0.29) is 16.9 Å². The van der Waals surface area contributed by atoms with Crippen molar-refractivity contribution in [3.05, 3.63) is 76.6 Å². The summed E-state index contributed by atoms with van der Waals surface area (Å²) in [5.74, 6) is 0.159. The number of rotatable bonds is 5. The molecule has 3 rings (SSSR count). The number of nitrogens with zero attached hydrogens (tertiary/aromatic N) is 1. The lowest BCUT2D eigenvalue weighted by Gasteiger charge is -2.19. The summed E-state index contributed by atoms with van der Waals surface area (Å²) in [6, 6.07) is 14.8. The summed E-state index contributed by atoms with van der Waals surface area (Å²) in [4.78, 5) is 4.29. The minimum Gasteiger partial charge on any atom is -0.444 e. The van der Waals surface area contributed by atoms with E-state index in [0.29, 0.717) is 22.2 Å². The van der Waals surface area contributed by atoms with Gasteiger partial charge in [-0.25, -0.2) is 13.4 Å². The van der Waals surface area contributed by atoms with Crippen LogP contribution in [-0.2, 0) is 26.8 Å². The first-order valence-corrected chi connectivity index (χ1v) is 10.8. The van der Waals surface area contributed by atoms with Gasteiger partial charge in [0.15, 0.2) is 9.84 Å². The predicted octanol–water partition coefficient (Wildman–Crippen LogP) is 5.41. The first-order valence-electron chi connectivity index (χ1n) is 8.63. The number of sulfone groups is 1. The molecule has 0 amide bonds. The fourth-order valence-electron chi connectivity index (χ4n) is 2.76. The van der Waals surface area contributed by atoms with Crippen molar-refractivity contribution >= 4 is 21.4 Å². The van der Waals surface area contributed by atoms with Gasteiger partial charge in [-0.05, 0) is 34.7 Å². The van der Waals surface area contributed by atoms with Crippen molar-refractivity contribution in [3.8, 4) is 11.5 Å². The molecule has 1 heterocycles. The Kier molecular flexibility index (Phi) is 5.45. The Bertz CT molecular complexity index is 1030. The van der Waals surface area contributed by atoms with Crippen LogP contribution in [0.3, 0.4) is 0 Å². The van der Waals surface area contributed by atoms with Crippen LogP contribution in [0, 0.1) is 0 Å². The Morgan fingerprint density at radius 3 is 2.37 bits per heavy atom. The maximum absolute atomic E-state index is 12.5. The molecule has 0 spiro atoms. The van der Waals surface area contributed by atoms with Crippen molar-refractivity contribution in [1.82, 2.24) is 4.98 Å². The molecular formula is C21H22ClNO3S. The van der Waals surface area contributed by atoms with Crippen LogP contribution in [0.25, 0.3) is 11.5 Å². The lowest BCUT2D eigenvalue weighted by molar-refractivity contribution is 0.571. The van der Waals surface area contributed by atoms with Gasteiger partial charge in [0.1, 0.15) is 6.26 Å². The van der Waals surface area contributed by atoms with E-state index in [9.17, 15) is 8.42 Å². The molecule has 0 N–H and O–H groups in total. The molecule has 142 valence electrons. The molecule has 0 fully saturated rings. The third-order valence-electron chi connectivity index (χ3n) is 4.20. The zero-order valence-electron chi connectivity index (χ0n) is 15.6. The van der Waals surface area contributed by atoms with Crippen LogP contribution in [0.1, 0.15) is 37.6 Å². The molecule has 0 atom stereocenters. The summed E-state index contributed by atoms with van der Waals surface area (Å²) in [7, 11) is -3.36. The number of benzene rings is 2. The van der Waals surface area contributed by atoms with Gasteiger partial charge < -0.3 is 4.42 Å². The van der Waals surface area contributed by atoms with E-state index in [0.717, 1.165) is 5.56 Å². The van der Waals surface area contributed by atoms with E-state index in [1.165, 1.54) is 11.8 Å². The van der Waals surface area contributed by atoms with E-state index >= 15 is 0 Å². The van der Waals surface area contributed by atoms with Gasteiger partial charge in [-0.3, -0.25) is 0 Å². The zero-order valence-corrected chi connectivity index (χ0v) is 17.1. The average molecular weight is 404 g/mol. The zero-order chi connectivity index (χ0) is 19.7. The second-order valence-corrected chi connectivity index (χ2v) is 10.1. The van der Waals surface area contributed by atoms with Gasteiger partial charge in [0.05, 0.1) is 17.2 Å². The number of halogens is 1. The lowest BCUT2D eigenvalue weighted by Crippen LogP contribution is -2.11. The molecule has 0 saturated heterocycles. The molecule has 2 aromatic carbocycles. The highest BCUT2D eigenvalue weighted by molar-refractivity contribution is 7.89. The van der Waals surface area contributed by atoms with Gasteiger partial charge in [0, 0.05) is 10.6 Å². The van der Waals surface area contributed by atoms with Crippen LogP contribution in [0.5, 0.6) is 0 Å². The smallest absolute Gasteiger partial charge is 0.226 e. The minimum absolute atomic E-state index is 0.0310. The fourth-order valence-corrected chi connectivity index (χ4v) is 4.33. The van der Waals surface area contributed by atoms with Crippen LogP contribution >= 0.6 is 11.6 Å².